The van der Waals surface area contributed by atoms with Crippen molar-refractivity contribution >= 4 is 0 Å². The van der Waals surface area contributed by atoms with Crippen molar-refractivity contribution in [3.8, 4) is 17.6 Å². The van der Waals surface area contributed by atoms with Crippen LogP contribution in [0.5, 0.6) is 5.75 Å². The topological polar surface area (TPSA) is 134 Å². The molecule has 9 heteroatoms. The van der Waals surface area contributed by atoms with Gasteiger partial charge in [-0.3, -0.25) is 0 Å². The highest BCUT2D eigenvalue weighted by Gasteiger charge is 2.22. The van der Waals surface area contributed by atoms with Gasteiger partial charge in [0.25, 0.3) is 0 Å². The number of benzene rings is 1. The van der Waals surface area contributed by atoms with Gasteiger partial charge in [0.15, 0.2) is 0 Å². The molecule has 0 spiro atoms. The molecule has 1 unspecified atom stereocenters. The Bertz CT molecular complexity index is 1040. The van der Waals surface area contributed by atoms with Crippen LogP contribution in [0.3, 0.4) is 0 Å². The van der Waals surface area contributed by atoms with Gasteiger partial charge >= 0.3 is 0 Å². The summed E-state index contributed by atoms with van der Waals surface area (Å²) >= 11 is 0. The standard InChI is InChI=1S/C24H29N3O6/c1-17(31)24-25-10-11-27(24)23(3-2-12-28)22-13-21(33-26-22)9-6-18-4-7-20(8-5-18)32-16-19(14-29)15-30/h4-5,7-8,10-11,13,17,19,23,28-31H,2-3,12,14-16H2,1H3/t17-,23?/m0/s1. The Balaban J connectivity index is 1.71. The van der Waals surface area contributed by atoms with Gasteiger partial charge in [0.05, 0.1) is 25.9 Å². The molecular weight excluding hydrogens is 426 g/mol. The summed E-state index contributed by atoms with van der Waals surface area (Å²) in [4.78, 5) is 4.22. The van der Waals surface area contributed by atoms with E-state index in [2.05, 4.69) is 22.0 Å². The largest absolute Gasteiger partial charge is 0.493 e. The highest BCUT2D eigenvalue weighted by atomic mass is 16.5. The van der Waals surface area contributed by atoms with Crippen molar-refractivity contribution in [3.05, 3.63) is 65.6 Å². The second-order valence-electron chi connectivity index (χ2n) is 7.68. The molecule has 0 aliphatic heterocycles. The Labute approximate surface area is 192 Å². The van der Waals surface area contributed by atoms with Crippen LogP contribution in [0.4, 0.5) is 0 Å². The summed E-state index contributed by atoms with van der Waals surface area (Å²) in [5.74, 6) is 7.19. The third-order valence-electron chi connectivity index (χ3n) is 5.10. The average molecular weight is 456 g/mol. The zero-order chi connectivity index (χ0) is 23.6. The summed E-state index contributed by atoms with van der Waals surface area (Å²) in [5.41, 5.74) is 1.39. The SMILES string of the molecule is C[C@H](O)c1nccn1C(CCCO)c1cc(C#Cc2ccc(OCC(CO)CO)cc2)on1. The lowest BCUT2D eigenvalue weighted by molar-refractivity contribution is 0.106. The number of aliphatic hydroxyl groups is 4. The maximum Gasteiger partial charge on any atom is 0.210 e. The fraction of sp³-hybridized carbons (Fsp3) is 0.417. The molecule has 0 radical (unpaired) electrons. The van der Waals surface area contributed by atoms with Gasteiger partial charge in [0.1, 0.15) is 23.4 Å². The summed E-state index contributed by atoms with van der Waals surface area (Å²) in [6, 6.07) is 8.64. The highest BCUT2D eigenvalue weighted by molar-refractivity contribution is 5.42. The van der Waals surface area contributed by atoms with E-state index < -0.39 is 6.10 Å². The second-order valence-corrected chi connectivity index (χ2v) is 7.68. The fourth-order valence-corrected chi connectivity index (χ4v) is 3.28. The normalized spacial score (nSPS) is 12.9. The van der Waals surface area contributed by atoms with Gasteiger partial charge < -0.3 is 34.3 Å². The molecule has 9 nitrogen and oxygen atoms in total. The van der Waals surface area contributed by atoms with Crippen LogP contribution in [0.15, 0.2) is 47.2 Å². The third-order valence-corrected chi connectivity index (χ3v) is 5.10. The Morgan fingerprint density at radius 1 is 1.12 bits per heavy atom. The quantitative estimate of drug-likeness (QED) is 0.321. The van der Waals surface area contributed by atoms with E-state index in [1.165, 1.54) is 0 Å². The summed E-state index contributed by atoms with van der Waals surface area (Å²) in [7, 11) is 0. The maximum absolute atomic E-state index is 10.0. The van der Waals surface area contributed by atoms with Crippen molar-refractivity contribution in [2.24, 2.45) is 5.92 Å². The van der Waals surface area contributed by atoms with Gasteiger partial charge in [-0.1, -0.05) is 11.1 Å². The second kappa shape index (κ2) is 12.2. The van der Waals surface area contributed by atoms with Gasteiger partial charge in [-0.2, -0.15) is 0 Å². The number of hydrogen-bond donors (Lipinski definition) is 4. The maximum atomic E-state index is 10.0. The van der Waals surface area contributed by atoms with Gasteiger partial charge in [-0.05, 0) is 50.0 Å². The molecule has 2 heterocycles. The molecule has 0 saturated heterocycles. The number of imidazole rings is 1. The van der Waals surface area contributed by atoms with E-state index in [0.29, 0.717) is 35.9 Å². The van der Waals surface area contributed by atoms with Crippen LogP contribution >= 0.6 is 0 Å². The summed E-state index contributed by atoms with van der Waals surface area (Å²) < 4.78 is 12.8. The van der Waals surface area contributed by atoms with Crippen LogP contribution < -0.4 is 4.74 Å². The molecule has 3 rings (SSSR count). The minimum atomic E-state index is -0.743. The Morgan fingerprint density at radius 2 is 1.88 bits per heavy atom. The monoisotopic (exact) mass is 455 g/mol. The minimum absolute atomic E-state index is 0.0418. The first-order valence-electron chi connectivity index (χ1n) is 10.8. The van der Waals surface area contributed by atoms with Crippen LogP contribution in [0, 0.1) is 17.8 Å². The summed E-state index contributed by atoms with van der Waals surface area (Å²) in [5, 5.41) is 41.6. The first-order valence-corrected chi connectivity index (χ1v) is 10.8. The first-order chi connectivity index (χ1) is 16.0. The predicted octanol–water partition coefficient (Wildman–Crippen LogP) is 1.67. The molecule has 0 aliphatic rings. The Hall–Kier alpha value is -3.16. The number of aliphatic hydroxyl groups excluding tert-OH is 4. The molecule has 2 atom stereocenters. The first kappa shape index (κ1) is 24.5. The molecule has 0 fully saturated rings. The number of aromatic nitrogens is 3. The summed E-state index contributed by atoms with van der Waals surface area (Å²) in [6.45, 7) is 1.64. The Morgan fingerprint density at radius 3 is 2.55 bits per heavy atom. The van der Waals surface area contributed by atoms with E-state index in [-0.39, 0.29) is 38.4 Å². The molecule has 2 aromatic heterocycles. The summed E-state index contributed by atoms with van der Waals surface area (Å²) in [6.07, 6.45) is 3.81. The van der Waals surface area contributed by atoms with E-state index in [4.69, 9.17) is 19.5 Å². The van der Waals surface area contributed by atoms with Crippen LogP contribution in [0.2, 0.25) is 0 Å². The lowest BCUT2D eigenvalue weighted by atomic mass is 10.1. The third kappa shape index (κ3) is 6.66. The minimum Gasteiger partial charge on any atom is -0.493 e. The average Bonchev–Trinajstić information content (AvgIpc) is 3.50. The van der Waals surface area contributed by atoms with Crippen molar-refractivity contribution in [1.29, 1.82) is 0 Å². The lowest BCUT2D eigenvalue weighted by Crippen LogP contribution is -2.19. The van der Waals surface area contributed by atoms with E-state index >= 15 is 0 Å². The zero-order valence-corrected chi connectivity index (χ0v) is 18.5. The van der Waals surface area contributed by atoms with E-state index in [0.717, 1.165) is 5.56 Å². The number of ether oxygens (including phenoxy) is 1. The molecule has 3 aromatic rings. The van der Waals surface area contributed by atoms with Gasteiger partial charge in [0.2, 0.25) is 5.76 Å². The predicted molar refractivity (Wildman–Crippen MR) is 119 cm³/mol. The molecule has 0 bridgehead atoms. The lowest BCUT2D eigenvalue weighted by Gasteiger charge is -2.19. The molecule has 1 aromatic carbocycles. The molecule has 33 heavy (non-hydrogen) atoms. The van der Waals surface area contributed by atoms with Crippen molar-refractivity contribution in [3.63, 3.8) is 0 Å². The van der Waals surface area contributed by atoms with Crippen molar-refractivity contribution in [1.82, 2.24) is 14.7 Å². The number of hydrogen-bond acceptors (Lipinski definition) is 8. The van der Waals surface area contributed by atoms with Crippen LogP contribution in [0.25, 0.3) is 0 Å². The number of nitrogens with zero attached hydrogens (tertiary/aromatic N) is 3. The molecule has 0 amide bonds. The van der Waals surface area contributed by atoms with Crippen molar-refractivity contribution < 1.29 is 29.7 Å². The van der Waals surface area contributed by atoms with Gasteiger partial charge in [-0.15, -0.1) is 0 Å². The van der Waals surface area contributed by atoms with Crippen LogP contribution in [-0.4, -0.2) is 61.6 Å². The van der Waals surface area contributed by atoms with Crippen LogP contribution in [-0.2, 0) is 0 Å². The molecule has 176 valence electrons. The molecule has 4 N–H and O–H groups in total. The van der Waals surface area contributed by atoms with Crippen LogP contribution in [0.1, 0.15) is 54.8 Å². The fourth-order valence-electron chi connectivity index (χ4n) is 3.28. The van der Waals surface area contributed by atoms with E-state index in [9.17, 15) is 10.2 Å². The van der Waals surface area contributed by atoms with Crippen molar-refractivity contribution in [2.75, 3.05) is 26.4 Å². The van der Waals surface area contributed by atoms with Crippen molar-refractivity contribution in [2.45, 2.75) is 31.9 Å². The molecule has 0 aliphatic carbocycles. The molecule has 0 saturated carbocycles. The highest BCUT2D eigenvalue weighted by Crippen LogP contribution is 2.26. The van der Waals surface area contributed by atoms with E-state index in [1.54, 1.807) is 49.6 Å². The van der Waals surface area contributed by atoms with E-state index in [1.807, 2.05) is 4.57 Å². The van der Waals surface area contributed by atoms with Gasteiger partial charge in [-0.25, -0.2) is 4.98 Å². The molecular formula is C24H29N3O6. The van der Waals surface area contributed by atoms with Gasteiger partial charge in [0, 0.05) is 36.5 Å². The number of rotatable bonds is 11. The Kier molecular flexibility index (Phi) is 9.04. The smallest absolute Gasteiger partial charge is 0.210 e. The zero-order valence-electron chi connectivity index (χ0n) is 18.5.